The summed E-state index contributed by atoms with van der Waals surface area (Å²) >= 11 is 0. The minimum atomic E-state index is -0.466. The molecule has 0 bridgehead atoms. The Morgan fingerprint density at radius 1 is 1.07 bits per heavy atom. The van der Waals surface area contributed by atoms with E-state index in [9.17, 15) is 14.9 Å². The van der Waals surface area contributed by atoms with Gasteiger partial charge in [-0.25, -0.2) is 15.0 Å². The van der Waals surface area contributed by atoms with Crippen molar-refractivity contribution in [2.75, 3.05) is 0 Å². The van der Waals surface area contributed by atoms with E-state index in [0.29, 0.717) is 22.2 Å². The van der Waals surface area contributed by atoms with Crippen LogP contribution in [0.25, 0.3) is 28.1 Å². The average Bonchev–Trinajstić information content (AvgIpc) is 2.98. The first-order valence-electron chi connectivity index (χ1n) is 8.11. The molecule has 0 saturated heterocycles. The lowest BCUT2D eigenvalue weighted by Crippen LogP contribution is -2.18. The van der Waals surface area contributed by atoms with Crippen molar-refractivity contribution >= 4 is 16.7 Å². The molecule has 0 aliphatic heterocycles. The van der Waals surface area contributed by atoms with Crippen LogP contribution in [-0.4, -0.2) is 29.7 Å². The zero-order chi connectivity index (χ0) is 19.1. The number of hydrogen-bond donors (Lipinski definition) is 1. The lowest BCUT2D eigenvalue weighted by molar-refractivity contribution is -0.384. The van der Waals surface area contributed by atoms with Gasteiger partial charge in [-0.05, 0) is 49.2 Å². The zero-order valence-corrected chi connectivity index (χ0v) is 14.5. The van der Waals surface area contributed by atoms with Crippen molar-refractivity contribution in [2.24, 2.45) is 0 Å². The summed E-state index contributed by atoms with van der Waals surface area (Å²) in [6, 6.07) is 9.54. The third kappa shape index (κ3) is 2.84. The summed E-state index contributed by atoms with van der Waals surface area (Å²) in [7, 11) is 0. The van der Waals surface area contributed by atoms with Crippen molar-refractivity contribution in [1.29, 1.82) is 0 Å². The van der Waals surface area contributed by atoms with E-state index in [-0.39, 0.29) is 17.2 Å². The maximum absolute atomic E-state index is 13.0. The second-order valence-corrected chi connectivity index (χ2v) is 6.09. The number of rotatable bonds is 3. The van der Waals surface area contributed by atoms with E-state index < -0.39 is 4.92 Å². The van der Waals surface area contributed by atoms with Gasteiger partial charge in [-0.3, -0.25) is 20.0 Å². The van der Waals surface area contributed by atoms with Gasteiger partial charge in [0.05, 0.1) is 10.3 Å². The van der Waals surface area contributed by atoms with Gasteiger partial charge in [-0.2, -0.15) is 4.68 Å². The first-order valence-corrected chi connectivity index (χ1v) is 8.11. The number of aromatic nitrogens is 5. The van der Waals surface area contributed by atoms with Crippen LogP contribution in [0.3, 0.4) is 0 Å². The van der Waals surface area contributed by atoms with E-state index in [1.807, 2.05) is 19.9 Å². The van der Waals surface area contributed by atoms with Gasteiger partial charge in [0.25, 0.3) is 17.2 Å². The molecule has 0 fully saturated rings. The zero-order valence-electron chi connectivity index (χ0n) is 14.5. The molecule has 0 unspecified atom stereocenters. The topological polar surface area (TPSA) is 120 Å². The van der Waals surface area contributed by atoms with E-state index in [2.05, 4.69) is 20.1 Å². The van der Waals surface area contributed by atoms with Gasteiger partial charge in [0.15, 0.2) is 5.65 Å². The first kappa shape index (κ1) is 16.6. The molecule has 0 radical (unpaired) electrons. The number of benzene rings is 1. The van der Waals surface area contributed by atoms with Crippen LogP contribution in [-0.2, 0) is 0 Å². The molecule has 9 heteroatoms. The molecule has 27 heavy (non-hydrogen) atoms. The summed E-state index contributed by atoms with van der Waals surface area (Å²) in [5.41, 5.74) is 2.82. The molecule has 1 aromatic carbocycles. The average molecular weight is 362 g/mol. The van der Waals surface area contributed by atoms with Crippen LogP contribution in [0, 0.1) is 24.0 Å². The molecular formula is C18H14N6O3. The normalized spacial score (nSPS) is 11.0. The summed E-state index contributed by atoms with van der Waals surface area (Å²) in [6.45, 7) is 3.65. The van der Waals surface area contributed by atoms with Gasteiger partial charge in [-0.15, -0.1) is 0 Å². The number of nitro groups is 1. The molecule has 1 N–H and O–H groups in total. The fourth-order valence-electron chi connectivity index (χ4n) is 2.98. The molecule has 0 aliphatic rings. The summed E-state index contributed by atoms with van der Waals surface area (Å²) in [4.78, 5) is 36.3. The van der Waals surface area contributed by atoms with Gasteiger partial charge >= 0.3 is 0 Å². The number of H-pyrrole nitrogens is 1. The highest BCUT2D eigenvalue weighted by Gasteiger charge is 2.17. The summed E-state index contributed by atoms with van der Waals surface area (Å²) < 4.78 is 1.26. The van der Waals surface area contributed by atoms with Crippen LogP contribution in [0.15, 0.2) is 47.4 Å². The Bertz CT molecular complexity index is 1220. The van der Waals surface area contributed by atoms with E-state index in [0.717, 1.165) is 11.4 Å². The van der Waals surface area contributed by atoms with Gasteiger partial charge in [-0.1, -0.05) is 0 Å². The Morgan fingerprint density at radius 3 is 2.37 bits per heavy atom. The predicted octanol–water partition coefficient (Wildman–Crippen LogP) is 2.70. The van der Waals surface area contributed by atoms with Gasteiger partial charge < -0.3 is 0 Å². The van der Waals surface area contributed by atoms with Crippen molar-refractivity contribution in [2.45, 2.75) is 13.8 Å². The second-order valence-electron chi connectivity index (χ2n) is 6.09. The highest BCUT2D eigenvalue weighted by Crippen LogP contribution is 2.26. The molecule has 3 heterocycles. The smallest absolute Gasteiger partial charge is 0.271 e. The number of fused-ring (bicyclic) bond motifs is 1. The molecule has 0 spiro atoms. The van der Waals surface area contributed by atoms with Gasteiger partial charge in [0.1, 0.15) is 0 Å². The molecule has 0 amide bonds. The maximum Gasteiger partial charge on any atom is 0.284 e. The quantitative estimate of drug-likeness (QED) is 0.442. The Labute approximate surface area is 152 Å². The van der Waals surface area contributed by atoms with E-state index in [1.165, 1.54) is 16.8 Å². The fraction of sp³-hybridized carbons (Fsp3) is 0.111. The standard InChI is InChI=1S/C18H14N6O3/c1-10-9-11(2)21-18(20-10)23-17(25)15-14(7-8-19-16(15)22-23)12-3-5-13(6-4-12)24(26)27/h3-9H,1-2H3,(H,19,22). The largest absolute Gasteiger partial charge is 0.284 e. The number of pyridine rings is 1. The van der Waals surface area contributed by atoms with E-state index in [4.69, 9.17) is 0 Å². The Balaban J connectivity index is 1.93. The maximum atomic E-state index is 13.0. The van der Waals surface area contributed by atoms with Crippen LogP contribution in [0.2, 0.25) is 0 Å². The fourth-order valence-corrected chi connectivity index (χ4v) is 2.98. The number of nitrogens with one attached hydrogen (secondary N) is 1. The molecule has 0 aliphatic carbocycles. The molecule has 9 nitrogen and oxygen atoms in total. The molecule has 0 atom stereocenters. The van der Waals surface area contributed by atoms with Crippen molar-refractivity contribution in [3.8, 4) is 17.1 Å². The molecule has 134 valence electrons. The second kappa shape index (κ2) is 6.13. The summed E-state index contributed by atoms with van der Waals surface area (Å²) in [5.74, 6) is 0.241. The Morgan fingerprint density at radius 2 is 1.74 bits per heavy atom. The number of nitrogens with zero attached hydrogens (tertiary/aromatic N) is 5. The monoisotopic (exact) mass is 362 g/mol. The van der Waals surface area contributed by atoms with Gasteiger partial charge in [0, 0.05) is 29.7 Å². The molecule has 0 saturated carbocycles. The van der Waals surface area contributed by atoms with Crippen molar-refractivity contribution < 1.29 is 4.92 Å². The number of nitro benzene ring substituents is 1. The van der Waals surface area contributed by atoms with E-state index in [1.54, 1.807) is 24.4 Å². The minimum absolute atomic E-state index is 0.0147. The Hall–Kier alpha value is -3.88. The SMILES string of the molecule is Cc1cc(C)nc(-n2[nH]c3nccc(-c4ccc([N+](=O)[O-])cc4)c3c2=O)n1. The highest BCUT2D eigenvalue weighted by atomic mass is 16.6. The number of aryl methyl sites for hydroxylation is 2. The highest BCUT2D eigenvalue weighted by molar-refractivity contribution is 5.92. The van der Waals surface area contributed by atoms with Crippen LogP contribution in [0.1, 0.15) is 11.4 Å². The molecule has 4 aromatic rings. The van der Waals surface area contributed by atoms with Crippen LogP contribution < -0.4 is 5.56 Å². The van der Waals surface area contributed by atoms with E-state index >= 15 is 0 Å². The first-order chi connectivity index (χ1) is 12.9. The van der Waals surface area contributed by atoms with Crippen molar-refractivity contribution in [3.05, 3.63) is 74.5 Å². The van der Waals surface area contributed by atoms with Crippen molar-refractivity contribution in [3.63, 3.8) is 0 Å². The summed E-state index contributed by atoms with van der Waals surface area (Å²) in [5, 5.41) is 14.2. The molecule has 4 rings (SSSR count). The lowest BCUT2D eigenvalue weighted by Gasteiger charge is -2.02. The predicted molar refractivity (Wildman–Crippen MR) is 98.8 cm³/mol. The van der Waals surface area contributed by atoms with Crippen LogP contribution >= 0.6 is 0 Å². The molecule has 3 aromatic heterocycles. The van der Waals surface area contributed by atoms with Crippen LogP contribution in [0.5, 0.6) is 0 Å². The number of non-ortho nitro benzene ring substituents is 1. The number of hydrogen-bond acceptors (Lipinski definition) is 6. The third-order valence-corrected chi connectivity index (χ3v) is 4.15. The minimum Gasteiger partial charge on any atom is -0.271 e. The number of aromatic amines is 1. The Kier molecular flexibility index (Phi) is 3.76. The van der Waals surface area contributed by atoms with Gasteiger partial charge in [0.2, 0.25) is 0 Å². The third-order valence-electron chi connectivity index (χ3n) is 4.15. The van der Waals surface area contributed by atoms with Crippen LogP contribution in [0.4, 0.5) is 5.69 Å². The summed E-state index contributed by atoms with van der Waals surface area (Å²) in [6.07, 6.45) is 1.57. The molecular weight excluding hydrogens is 348 g/mol. The van der Waals surface area contributed by atoms with Crippen molar-refractivity contribution in [1.82, 2.24) is 24.7 Å². The lowest BCUT2D eigenvalue weighted by atomic mass is 10.0.